The number of halogens is 1. The average molecular weight is 307 g/mol. The van der Waals surface area contributed by atoms with E-state index in [0.29, 0.717) is 0 Å². The Morgan fingerprint density at radius 3 is 3.05 bits per heavy atom. The van der Waals surface area contributed by atoms with Crippen LogP contribution in [0.5, 0.6) is 0 Å². The van der Waals surface area contributed by atoms with Crippen molar-refractivity contribution < 1.29 is 0 Å². The molecule has 0 radical (unpaired) electrons. The fourth-order valence-electron chi connectivity index (χ4n) is 2.17. The number of thiazole rings is 1. The van der Waals surface area contributed by atoms with Crippen molar-refractivity contribution in [2.75, 3.05) is 5.32 Å². The first kappa shape index (κ1) is 13.4. The van der Waals surface area contributed by atoms with Gasteiger partial charge in [-0.2, -0.15) is 5.10 Å². The molecule has 0 fully saturated rings. The summed E-state index contributed by atoms with van der Waals surface area (Å²) >= 11 is 7.61. The molecular weight excluding hydrogens is 292 g/mol. The Bertz CT molecular complexity index is 747. The Labute approximate surface area is 126 Å². The molecule has 20 heavy (non-hydrogen) atoms. The van der Waals surface area contributed by atoms with Crippen molar-refractivity contribution in [1.29, 1.82) is 0 Å². The maximum absolute atomic E-state index is 5.99. The van der Waals surface area contributed by atoms with E-state index in [0.717, 1.165) is 39.0 Å². The number of aromatic nitrogens is 3. The maximum Gasteiger partial charge on any atom is 0.184 e. The molecule has 1 N–H and O–H groups in total. The number of rotatable bonds is 4. The van der Waals surface area contributed by atoms with Crippen molar-refractivity contribution in [3.63, 3.8) is 0 Å². The van der Waals surface area contributed by atoms with E-state index in [4.69, 9.17) is 11.6 Å². The molecule has 0 aliphatic carbocycles. The van der Waals surface area contributed by atoms with Crippen LogP contribution in [0.4, 0.5) is 5.13 Å². The van der Waals surface area contributed by atoms with Crippen LogP contribution >= 0.6 is 22.9 Å². The lowest BCUT2D eigenvalue weighted by Crippen LogP contribution is -2.00. The van der Waals surface area contributed by atoms with Crippen LogP contribution in [-0.4, -0.2) is 14.8 Å². The summed E-state index contributed by atoms with van der Waals surface area (Å²) in [6.07, 6.45) is 2.99. The van der Waals surface area contributed by atoms with Crippen LogP contribution in [-0.2, 0) is 20.0 Å². The third-order valence-corrected chi connectivity index (χ3v) is 4.32. The van der Waals surface area contributed by atoms with Gasteiger partial charge in [-0.05, 0) is 24.6 Å². The molecule has 0 spiro atoms. The second-order valence-electron chi connectivity index (χ2n) is 4.61. The molecule has 0 unspecified atom stereocenters. The van der Waals surface area contributed by atoms with Crippen molar-refractivity contribution in [3.05, 3.63) is 40.7 Å². The van der Waals surface area contributed by atoms with Crippen LogP contribution in [0.1, 0.15) is 18.2 Å². The molecule has 0 saturated carbocycles. The molecule has 3 rings (SSSR count). The minimum absolute atomic E-state index is 0.741. The van der Waals surface area contributed by atoms with E-state index in [1.54, 1.807) is 11.3 Å². The van der Waals surface area contributed by atoms with Gasteiger partial charge in [-0.25, -0.2) is 4.98 Å². The molecule has 0 atom stereocenters. The first-order chi connectivity index (χ1) is 9.65. The summed E-state index contributed by atoms with van der Waals surface area (Å²) in [6, 6.07) is 5.76. The largest absolute Gasteiger partial charge is 0.357 e. The zero-order chi connectivity index (χ0) is 14.1. The molecule has 2 aromatic heterocycles. The van der Waals surface area contributed by atoms with E-state index in [1.165, 1.54) is 5.56 Å². The predicted molar refractivity (Wildman–Crippen MR) is 84.5 cm³/mol. The van der Waals surface area contributed by atoms with E-state index in [-0.39, 0.29) is 0 Å². The predicted octanol–water partition coefficient (Wildman–Crippen LogP) is 3.86. The van der Waals surface area contributed by atoms with Gasteiger partial charge in [0.2, 0.25) is 0 Å². The van der Waals surface area contributed by atoms with E-state index in [2.05, 4.69) is 28.5 Å². The van der Waals surface area contributed by atoms with Crippen LogP contribution < -0.4 is 5.32 Å². The third kappa shape index (κ3) is 2.64. The van der Waals surface area contributed by atoms with Gasteiger partial charge in [-0.3, -0.25) is 4.68 Å². The number of anilines is 1. The highest BCUT2D eigenvalue weighted by Gasteiger charge is 2.08. The number of aryl methyl sites for hydroxylation is 2. The van der Waals surface area contributed by atoms with Crippen LogP contribution in [0.25, 0.3) is 10.2 Å². The lowest BCUT2D eigenvalue weighted by atomic mass is 10.2. The van der Waals surface area contributed by atoms with Gasteiger partial charge in [0.05, 0.1) is 15.9 Å². The third-order valence-electron chi connectivity index (χ3n) is 3.11. The molecule has 0 amide bonds. The highest BCUT2D eigenvalue weighted by molar-refractivity contribution is 7.22. The van der Waals surface area contributed by atoms with E-state index in [9.17, 15) is 0 Å². The SMILES string of the molecule is CCc1nn(C)cc1CNc1nc2ccc(Cl)cc2s1. The Hall–Kier alpha value is -1.59. The van der Waals surface area contributed by atoms with Crippen LogP contribution in [0.2, 0.25) is 5.02 Å². The molecule has 0 aliphatic heterocycles. The van der Waals surface area contributed by atoms with Gasteiger partial charge in [0.15, 0.2) is 5.13 Å². The molecule has 6 heteroatoms. The summed E-state index contributed by atoms with van der Waals surface area (Å²) in [7, 11) is 1.95. The van der Waals surface area contributed by atoms with E-state index in [1.807, 2.05) is 29.9 Å². The zero-order valence-corrected chi connectivity index (χ0v) is 12.9. The molecule has 2 heterocycles. The normalized spacial score (nSPS) is 11.2. The fourth-order valence-corrected chi connectivity index (χ4v) is 3.31. The molecule has 3 aromatic rings. The quantitative estimate of drug-likeness (QED) is 0.796. The molecule has 0 saturated heterocycles. The summed E-state index contributed by atoms with van der Waals surface area (Å²) in [5.74, 6) is 0. The smallest absolute Gasteiger partial charge is 0.184 e. The second kappa shape index (κ2) is 5.42. The molecule has 0 bridgehead atoms. The number of benzene rings is 1. The maximum atomic E-state index is 5.99. The lowest BCUT2D eigenvalue weighted by molar-refractivity contribution is 0.746. The first-order valence-corrected chi connectivity index (χ1v) is 7.66. The molecule has 4 nitrogen and oxygen atoms in total. The highest BCUT2D eigenvalue weighted by atomic mass is 35.5. The summed E-state index contributed by atoms with van der Waals surface area (Å²) < 4.78 is 2.95. The highest BCUT2D eigenvalue weighted by Crippen LogP contribution is 2.28. The van der Waals surface area contributed by atoms with Crippen molar-refractivity contribution >= 4 is 38.3 Å². The van der Waals surface area contributed by atoms with E-state index >= 15 is 0 Å². The number of nitrogens with one attached hydrogen (secondary N) is 1. The molecular formula is C14H15ClN4S. The van der Waals surface area contributed by atoms with Crippen molar-refractivity contribution in [2.24, 2.45) is 7.05 Å². The number of nitrogens with zero attached hydrogens (tertiary/aromatic N) is 3. The Kier molecular flexibility index (Phi) is 3.63. The Morgan fingerprint density at radius 1 is 1.40 bits per heavy atom. The summed E-state index contributed by atoms with van der Waals surface area (Å²) in [5.41, 5.74) is 3.32. The molecule has 1 aromatic carbocycles. The van der Waals surface area contributed by atoms with E-state index < -0.39 is 0 Å². The summed E-state index contributed by atoms with van der Waals surface area (Å²) in [5, 5.41) is 9.46. The molecule has 104 valence electrons. The van der Waals surface area contributed by atoms with Crippen LogP contribution in [0, 0.1) is 0 Å². The van der Waals surface area contributed by atoms with Crippen molar-refractivity contribution in [3.8, 4) is 0 Å². The summed E-state index contributed by atoms with van der Waals surface area (Å²) in [4.78, 5) is 4.55. The Morgan fingerprint density at radius 2 is 2.25 bits per heavy atom. The van der Waals surface area contributed by atoms with Crippen molar-refractivity contribution in [1.82, 2.24) is 14.8 Å². The standard InChI is InChI=1S/C14H15ClN4S/c1-3-11-9(8-19(2)18-11)7-16-14-17-12-5-4-10(15)6-13(12)20-14/h4-6,8H,3,7H2,1-2H3,(H,16,17). The second-order valence-corrected chi connectivity index (χ2v) is 6.08. The summed E-state index contributed by atoms with van der Waals surface area (Å²) in [6.45, 7) is 2.86. The lowest BCUT2D eigenvalue weighted by Gasteiger charge is -2.01. The number of hydrogen-bond acceptors (Lipinski definition) is 4. The topological polar surface area (TPSA) is 42.7 Å². The van der Waals surface area contributed by atoms with Crippen LogP contribution in [0.3, 0.4) is 0 Å². The number of fused-ring (bicyclic) bond motifs is 1. The van der Waals surface area contributed by atoms with Gasteiger partial charge < -0.3 is 5.32 Å². The average Bonchev–Trinajstić information content (AvgIpc) is 2.98. The molecule has 0 aliphatic rings. The first-order valence-electron chi connectivity index (χ1n) is 6.47. The minimum Gasteiger partial charge on any atom is -0.357 e. The van der Waals surface area contributed by atoms with Gasteiger partial charge in [0, 0.05) is 30.4 Å². The van der Waals surface area contributed by atoms with Gasteiger partial charge >= 0.3 is 0 Å². The zero-order valence-electron chi connectivity index (χ0n) is 11.4. The Balaban J connectivity index is 1.79. The van der Waals surface area contributed by atoms with Gasteiger partial charge in [-0.1, -0.05) is 29.9 Å². The monoisotopic (exact) mass is 306 g/mol. The number of hydrogen-bond donors (Lipinski definition) is 1. The van der Waals surface area contributed by atoms with Gasteiger partial charge in [-0.15, -0.1) is 0 Å². The van der Waals surface area contributed by atoms with Gasteiger partial charge in [0.1, 0.15) is 0 Å². The van der Waals surface area contributed by atoms with Crippen molar-refractivity contribution in [2.45, 2.75) is 19.9 Å². The van der Waals surface area contributed by atoms with Gasteiger partial charge in [0.25, 0.3) is 0 Å². The minimum atomic E-state index is 0.741. The fraction of sp³-hybridized carbons (Fsp3) is 0.286. The van der Waals surface area contributed by atoms with Crippen LogP contribution in [0.15, 0.2) is 24.4 Å².